The Bertz CT molecular complexity index is 995. The van der Waals surface area contributed by atoms with E-state index in [2.05, 4.69) is 41.8 Å². The Morgan fingerprint density at radius 1 is 0.897 bits per heavy atom. The molecule has 2 saturated carbocycles. The number of amides is 2. The Morgan fingerprint density at radius 2 is 1.54 bits per heavy atom. The van der Waals surface area contributed by atoms with E-state index in [1.165, 1.54) is 64.2 Å². The van der Waals surface area contributed by atoms with Crippen molar-refractivity contribution >= 4 is 17.8 Å². The summed E-state index contributed by atoms with van der Waals surface area (Å²) in [4.78, 5) is 28.2. The highest BCUT2D eigenvalue weighted by Gasteiger charge is 2.50. The summed E-state index contributed by atoms with van der Waals surface area (Å²) >= 11 is 0. The van der Waals surface area contributed by atoms with Gasteiger partial charge in [-0.2, -0.15) is 0 Å². The summed E-state index contributed by atoms with van der Waals surface area (Å²) in [5, 5.41) is 15.4. The molecule has 1 aromatic carbocycles. The Labute approximate surface area is 235 Å². The van der Waals surface area contributed by atoms with Gasteiger partial charge in [0.15, 0.2) is 5.96 Å². The Balaban J connectivity index is 1.23. The van der Waals surface area contributed by atoms with Crippen LogP contribution in [0.25, 0.3) is 0 Å². The second kappa shape index (κ2) is 12.9. The van der Waals surface area contributed by atoms with E-state index in [0.717, 1.165) is 62.0 Å². The smallest absolute Gasteiger partial charge is 0.255 e. The lowest BCUT2D eigenvalue weighted by atomic mass is 9.75. The summed E-state index contributed by atoms with van der Waals surface area (Å²) in [6.07, 6.45) is 19.5. The highest BCUT2D eigenvalue weighted by Crippen LogP contribution is 2.39. The molecule has 2 saturated heterocycles. The zero-order chi connectivity index (χ0) is 27.2. The van der Waals surface area contributed by atoms with E-state index in [1.54, 1.807) is 4.90 Å². The van der Waals surface area contributed by atoms with Crippen LogP contribution in [0.5, 0.6) is 0 Å². The van der Waals surface area contributed by atoms with Crippen molar-refractivity contribution in [2.75, 3.05) is 0 Å². The Morgan fingerprint density at radius 3 is 2.21 bits per heavy atom. The topological polar surface area (TPSA) is 85.3 Å². The van der Waals surface area contributed by atoms with Gasteiger partial charge in [-0.05, 0) is 61.5 Å². The van der Waals surface area contributed by atoms with Crippen LogP contribution in [0.15, 0.2) is 24.3 Å². The van der Waals surface area contributed by atoms with Gasteiger partial charge in [-0.3, -0.25) is 19.9 Å². The number of rotatable bonds is 11. The van der Waals surface area contributed by atoms with Crippen molar-refractivity contribution in [3.05, 3.63) is 35.4 Å². The van der Waals surface area contributed by atoms with Crippen molar-refractivity contribution in [3.63, 3.8) is 0 Å². The number of carbonyl (C=O) groups is 2. The van der Waals surface area contributed by atoms with Gasteiger partial charge in [0.2, 0.25) is 5.91 Å². The Kier molecular flexibility index (Phi) is 9.29. The normalized spacial score (nSPS) is 28.6. The van der Waals surface area contributed by atoms with Gasteiger partial charge in [-0.15, -0.1) is 0 Å². The van der Waals surface area contributed by atoms with E-state index in [0.29, 0.717) is 18.5 Å². The predicted molar refractivity (Wildman–Crippen MR) is 156 cm³/mol. The first kappa shape index (κ1) is 28.2. The Hall–Kier alpha value is -2.37. The largest absolute Gasteiger partial charge is 0.353 e. The number of nitrogens with zero attached hydrogens (tertiary/aromatic N) is 1. The van der Waals surface area contributed by atoms with E-state index >= 15 is 0 Å². The maximum absolute atomic E-state index is 14.1. The minimum absolute atomic E-state index is 0.0505. The van der Waals surface area contributed by atoms with Crippen LogP contribution in [0.3, 0.4) is 0 Å². The van der Waals surface area contributed by atoms with Crippen LogP contribution in [0.2, 0.25) is 0 Å². The molecule has 6 nitrogen and oxygen atoms in total. The van der Waals surface area contributed by atoms with Crippen LogP contribution >= 0.6 is 0 Å². The van der Waals surface area contributed by atoms with Crippen LogP contribution in [0.1, 0.15) is 121 Å². The van der Waals surface area contributed by atoms with Crippen LogP contribution in [0.4, 0.5) is 0 Å². The van der Waals surface area contributed by atoms with Crippen molar-refractivity contribution in [1.29, 1.82) is 5.41 Å². The van der Waals surface area contributed by atoms with Crippen LogP contribution in [-0.4, -0.2) is 34.3 Å². The second-order valence-corrected chi connectivity index (χ2v) is 13.1. The van der Waals surface area contributed by atoms with Crippen LogP contribution in [-0.2, 0) is 22.6 Å². The second-order valence-electron chi connectivity index (χ2n) is 13.1. The van der Waals surface area contributed by atoms with Crippen molar-refractivity contribution in [3.8, 4) is 0 Å². The lowest BCUT2D eigenvalue weighted by Crippen LogP contribution is -2.49. The lowest BCUT2D eigenvalue weighted by Gasteiger charge is -2.34. The molecule has 214 valence electrons. The first-order valence-electron chi connectivity index (χ1n) is 16.0. The summed E-state index contributed by atoms with van der Waals surface area (Å²) in [5.41, 5.74) is 1.59. The predicted octanol–water partition coefficient (Wildman–Crippen LogP) is 6.47. The quantitative estimate of drug-likeness (QED) is 0.304. The number of nitrogens with one attached hydrogen (secondary N) is 3. The molecular weight excluding hydrogens is 484 g/mol. The summed E-state index contributed by atoms with van der Waals surface area (Å²) < 4.78 is 0. The fourth-order valence-electron chi connectivity index (χ4n) is 7.87. The summed E-state index contributed by atoms with van der Waals surface area (Å²) in [5.74, 6) is 1.93. The molecule has 3 atom stereocenters. The van der Waals surface area contributed by atoms with E-state index in [-0.39, 0.29) is 23.7 Å². The zero-order valence-corrected chi connectivity index (χ0v) is 24.1. The first-order valence-corrected chi connectivity index (χ1v) is 16.0. The first-order chi connectivity index (χ1) is 19.0. The minimum atomic E-state index is -0.610. The minimum Gasteiger partial charge on any atom is -0.353 e. The van der Waals surface area contributed by atoms with Gasteiger partial charge in [0, 0.05) is 12.0 Å². The number of hydrogen-bond acceptors (Lipinski definition) is 3. The average Bonchev–Trinajstić information content (AvgIpc) is 3.40. The number of benzene rings is 1. The molecule has 2 heterocycles. The molecule has 0 spiro atoms. The summed E-state index contributed by atoms with van der Waals surface area (Å²) in [6.45, 7) is 2.60. The third-order valence-electron chi connectivity index (χ3n) is 10.1. The molecular formula is C33H50N4O2. The highest BCUT2D eigenvalue weighted by molar-refractivity contribution is 6.07. The number of guanidine groups is 1. The van der Waals surface area contributed by atoms with Crippen molar-refractivity contribution in [2.24, 2.45) is 17.8 Å². The van der Waals surface area contributed by atoms with E-state index in [9.17, 15) is 9.59 Å². The maximum atomic E-state index is 14.1. The molecule has 4 fully saturated rings. The molecule has 0 bridgehead atoms. The van der Waals surface area contributed by atoms with Gasteiger partial charge in [-0.1, -0.05) is 102 Å². The summed E-state index contributed by atoms with van der Waals surface area (Å²) in [6, 6.07) is 8.68. The molecule has 4 aliphatic rings. The van der Waals surface area contributed by atoms with Gasteiger partial charge in [-0.25, -0.2) is 0 Å². The molecule has 1 unspecified atom stereocenters. The maximum Gasteiger partial charge on any atom is 0.255 e. The lowest BCUT2D eigenvalue weighted by molar-refractivity contribution is -0.132. The third kappa shape index (κ3) is 6.86. The standard InChI is InChI=1S/C33H50N4O2/c1-2-9-29-21-28(30(38)35-29)20-25-14-16-27(17-15-25)23-37-31(39)33(36-32(37)34,22-26-12-7-4-8-13-26)19-18-24-10-5-3-6-11-24/h14-17,24,26,28-29H,2-13,18-23H2,1H3,(H2,34,36)(H,35,38)/t28?,29-,33+/m0/s1. The van der Waals surface area contributed by atoms with Crippen molar-refractivity contribution in [1.82, 2.24) is 15.5 Å². The third-order valence-corrected chi connectivity index (χ3v) is 10.1. The van der Waals surface area contributed by atoms with Gasteiger partial charge >= 0.3 is 0 Å². The molecule has 1 aromatic rings. The molecule has 0 aromatic heterocycles. The van der Waals surface area contributed by atoms with Gasteiger partial charge in [0.05, 0.1) is 6.54 Å². The highest BCUT2D eigenvalue weighted by atomic mass is 16.2. The van der Waals surface area contributed by atoms with Crippen LogP contribution in [0, 0.1) is 23.2 Å². The summed E-state index contributed by atoms with van der Waals surface area (Å²) in [7, 11) is 0. The molecule has 3 N–H and O–H groups in total. The molecule has 39 heavy (non-hydrogen) atoms. The van der Waals surface area contributed by atoms with Crippen molar-refractivity contribution < 1.29 is 9.59 Å². The SMILES string of the molecule is CCC[C@H]1CC(Cc2ccc(CN3C(=N)N[C@](CCC4CCCCC4)(CC4CCCCC4)C3=O)cc2)C(=O)N1. The van der Waals surface area contributed by atoms with E-state index < -0.39 is 5.54 Å². The monoisotopic (exact) mass is 534 g/mol. The fraction of sp³-hybridized carbons (Fsp3) is 0.727. The molecule has 5 rings (SSSR count). The van der Waals surface area contributed by atoms with Crippen molar-refractivity contribution in [2.45, 2.75) is 134 Å². The molecule has 6 heteroatoms. The average molecular weight is 535 g/mol. The van der Waals surface area contributed by atoms with Crippen LogP contribution < -0.4 is 10.6 Å². The molecule has 2 aliphatic heterocycles. The molecule has 2 aliphatic carbocycles. The number of hydrogen-bond donors (Lipinski definition) is 3. The number of carbonyl (C=O) groups excluding carboxylic acids is 2. The fourth-order valence-corrected chi connectivity index (χ4v) is 7.87. The van der Waals surface area contributed by atoms with E-state index in [4.69, 9.17) is 5.41 Å². The molecule has 2 amide bonds. The van der Waals surface area contributed by atoms with Gasteiger partial charge in [0.25, 0.3) is 5.91 Å². The molecule has 0 radical (unpaired) electrons. The zero-order valence-electron chi connectivity index (χ0n) is 24.1. The van der Waals surface area contributed by atoms with E-state index in [1.807, 2.05) is 0 Å². The van der Waals surface area contributed by atoms with Gasteiger partial charge < -0.3 is 10.6 Å². The van der Waals surface area contributed by atoms with Gasteiger partial charge in [0.1, 0.15) is 5.54 Å².